The van der Waals surface area contributed by atoms with Crippen LogP contribution in [-0.2, 0) is 6.42 Å². The van der Waals surface area contributed by atoms with Crippen LogP contribution in [0.25, 0.3) is 16.5 Å². The molecule has 5 aromatic rings. The molecule has 0 bridgehead atoms. The number of carbonyl (C=O) groups excluding carboxylic acids is 1. The predicted octanol–water partition coefficient (Wildman–Crippen LogP) is 5.23. The Kier molecular flexibility index (Phi) is 5.52. The second kappa shape index (κ2) is 8.93. The molecule has 0 aliphatic carbocycles. The zero-order valence-corrected chi connectivity index (χ0v) is 17.8. The minimum atomic E-state index is -0.364. The van der Waals surface area contributed by atoms with Gasteiger partial charge < -0.3 is 5.32 Å². The van der Waals surface area contributed by atoms with Gasteiger partial charge in [0.1, 0.15) is 0 Å². The molecule has 0 saturated heterocycles. The summed E-state index contributed by atoms with van der Waals surface area (Å²) in [6.45, 7) is 0. The topological polar surface area (TPSA) is 64.0 Å². The molecule has 160 valence electrons. The van der Waals surface area contributed by atoms with Crippen LogP contribution in [0.5, 0.6) is 0 Å². The van der Waals surface area contributed by atoms with Crippen molar-refractivity contribution >= 4 is 22.4 Å². The number of hydrogen-bond acceptors (Lipinski definition) is 3. The Labute approximate surface area is 191 Å². The Morgan fingerprint density at radius 3 is 2.09 bits per heavy atom. The van der Waals surface area contributed by atoms with Gasteiger partial charge in [-0.05, 0) is 41.8 Å². The number of nitrogens with zero attached hydrogens (tertiary/aromatic N) is 2. The maximum absolute atomic E-state index is 13.4. The molecule has 0 saturated carbocycles. The fourth-order valence-electron chi connectivity index (χ4n) is 3.90. The summed E-state index contributed by atoms with van der Waals surface area (Å²) in [4.78, 5) is 26.5. The SMILES string of the molecule is O=C(Nc1ccccc1Cc1ccccc1)c1nn(-c2ccccc2)c(=O)c2ccccc12. The van der Waals surface area contributed by atoms with Crippen molar-refractivity contribution in [2.45, 2.75) is 6.42 Å². The minimum absolute atomic E-state index is 0.198. The highest BCUT2D eigenvalue weighted by Crippen LogP contribution is 2.22. The Balaban J connectivity index is 1.56. The van der Waals surface area contributed by atoms with Gasteiger partial charge >= 0.3 is 0 Å². The van der Waals surface area contributed by atoms with E-state index in [9.17, 15) is 9.59 Å². The summed E-state index contributed by atoms with van der Waals surface area (Å²) in [7, 11) is 0. The third-order valence-corrected chi connectivity index (χ3v) is 5.52. The molecule has 0 atom stereocenters. The van der Waals surface area contributed by atoms with Crippen LogP contribution in [0.2, 0.25) is 0 Å². The fraction of sp³-hybridized carbons (Fsp3) is 0.0357. The summed E-state index contributed by atoms with van der Waals surface area (Å²) in [5.41, 5.74) is 3.40. The molecular formula is C28H21N3O2. The van der Waals surface area contributed by atoms with Crippen molar-refractivity contribution in [1.29, 1.82) is 0 Å². The predicted molar refractivity (Wildman–Crippen MR) is 131 cm³/mol. The fourth-order valence-corrected chi connectivity index (χ4v) is 3.90. The lowest BCUT2D eigenvalue weighted by Crippen LogP contribution is -2.26. The smallest absolute Gasteiger partial charge is 0.279 e. The van der Waals surface area contributed by atoms with Crippen molar-refractivity contribution in [1.82, 2.24) is 9.78 Å². The first-order valence-electron chi connectivity index (χ1n) is 10.7. The second-order valence-corrected chi connectivity index (χ2v) is 7.72. The Morgan fingerprint density at radius 1 is 0.727 bits per heavy atom. The summed E-state index contributed by atoms with van der Waals surface area (Å²) in [6.07, 6.45) is 0.689. The van der Waals surface area contributed by atoms with Crippen LogP contribution in [0, 0.1) is 0 Å². The summed E-state index contributed by atoms with van der Waals surface area (Å²) < 4.78 is 1.28. The van der Waals surface area contributed by atoms with E-state index in [1.807, 2.05) is 60.7 Å². The first-order chi connectivity index (χ1) is 16.2. The third kappa shape index (κ3) is 4.16. The highest BCUT2D eigenvalue weighted by atomic mass is 16.2. The number of aromatic nitrogens is 2. The van der Waals surface area contributed by atoms with E-state index in [0.29, 0.717) is 22.9 Å². The van der Waals surface area contributed by atoms with E-state index in [4.69, 9.17) is 0 Å². The zero-order valence-electron chi connectivity index (χ0n) is 17.8. The molecule has 0 fully saturated rings. The van der Waals surface area contributed by atoms with Crippen molar-refractivity contribution in [3.8, 4) is 5.69 Å². The lowest BCUT2D eigenvalue weighted by atomic mass is 10.0. The van der Waals surface area contributed by atoms with E-state index in [2.05, 4.69) is 22.5 Å². The molecule has 0 unspecified atom stereocenters. The maximum Gasteiger partial charge on any atom is 0.279 e. The molecule has 1 heterocycles. The number of anilines is 1. The lowest BCUT2D eigenvalue weighted by Gasteiger charge is -2.14. The molecule has 1 aromatic heterocycles. The Bertz CT molecular complexity index is 1490. The van der Waals surface area contributed by atoms with Gasteiger partial charge in [0.05, 0.1) is 11.1 Å². The average molecular weight is 431 g/mol. The van der Waals surface area contributed by atoms with Gasteiger partial charge in [0.25, 0.3) is 11.5 Å². The molecule has 1 amide bonds. The Hall–Kier alpha value is -4.51. The van der Waals surface area contributed by atoms with E-state index in [1.54, 1.807) is 36.4 Å². The van der Waals surface area contributed by atoms with Crippen molar-refractivity contribution in [3.63, 3.8) is 0 Å². The normalized spacial score (nSPS) is 10.8. The van der Waals surface area contributed by atoms with Crippen LogP contribution in [0.3, 0.4) is 0 Å². The number of amides is 1. The second-order valence-electron chi connectivity index (χ2n) is 7.72. The largest absolute Gasteiger partial charge is 0.320 e. The van der Waals surface area contributed by atoms with Gasteiger partial charge in [-0.15, -0.1) is 0 Å². The average Bonchev–Trinajstić information content (AvgIpc) is 2.87. The first-order valence-corrected chi connectivity index (χ1v) is 10.7. The number of hydrogen-bond donors (Lipinski definition) is 1. The van der Waals surface area contributed by atoms with Crippen molar-refractivity contribution in [2.75, 3.05) is 5.32 Å². The monoisotopic (exact) mass is 431 g/mol. The highest BCUT2D eigenvalue weighted by molar-refractivity contribution is 6.11. The highest BCUT2D eigenvalue weighted by Gasteiger charge is 2.18. The summed E-state index contributed by atoms with van der Waals surface area (Å²) in [5, 5.41) is 8.46. The molecule has 4 aromatic carbocycles. The molecule has 0 aliphatic rings. The van der Waals surface area contributed by atoms with Gasteiger partial charge in [0.15, 0.2) is 5.69 Å². The van der Waals surface area contributed by atoms with E-state index in [0.717, 1.165) is 16.8 Å². The molecule has 5 rings (SSSR count). The summed E-state index contributed by atoms with van der Waals surface area (Å²) in [6, 6.07) is 34.0. The molecule has 0 spiro atoms. The van der Waals surface area contributed by atoms with Gasteiger partial charge in [-0.2, -0.15) is 9.78 Å². The van der Waals surface area contributed by atoms with Crippen molar-refractivity contribution < 1.29 is 4.79 Å². The first kappa shape index (κ1) is 20.4. The van der Waals surface area contributed by atoms with Crippen molar-refractivity contribution in [3.05, 3.63) is 136 Å². The molecule has 0 radical (unpaired) electrons. The Morgan fingerprint density at radius 2 is 1.33 bits per heavy atom. The molecule has 33 heavy (non-hydrogen) atoms. The van der Waals surface area contributed by atoms with E-state index in [1.165, 1.54) is 4.68 Å². The number of carbonyl (C=O) groups is 1. The number of rotatable bonds is 5. The molecule has 5 nitrogen and oxygen atoms in total. The van der Waals surface area contributed by atoms with Gasteiger partial charge in [-0.25, -0.2) is 0 Å². The summed E-state index contributed by atoms with van der Waals surface area (Å²) in [5.74, 6) is -0.364. The van der Waals surface area contributed by atoms with Gasteiger partial charge in [0, 0.05) is 11.1 Å². The number of para-hydroxylation sites is 2. The van der Waals surface area contributed by atoms with Gasteiger partial charge in [-0.3, -0.25) is 9.59 Å². The minimum Gasteiger partial charge on any atom is -0.320 e. The van der Waals surface area contributed by atoms with Crippen LogP contribution in [0.15, 0.2) is 114 Å². The van der Waals surface area contributed by atoms with E-state index in [-0.39, 0.29) is 17.2 Å². The molecule has 0 aliphatic heterocycles. The number of benzene rings is 4. The van der Waals surface area contributed by atoms with E-state index >= 15 is 0 Å². The van der Waals surface area contributed by atoms with Crippen LogP contribution < -0.4 is 10.9 Å². The molecule has 1 N–H and O–H groups in total. The van der Waals surface area contributed by atoms with Crippen LogP contribution in [0.4, 0.5) is 5.69 Å². The van der Waals surface area contributed by atoms with Crippen molar-refractivity contribution in [2.24, 2.45) is 0 Å². The number of nitrogens with one attached hydrogen (secondary N) is 1. The van der Waals surface area contributed by atoms with Crippen LogP contribution >= 0.6 is 0 Å². The van der Waals surface area contributed by atoms with Crippen LogP contribution in [0.1, 0.15) is 21.6 Å². The number of fused-ring (bicyclic) bond motifs is 1. The molecular weight excluding hydrogens is 410 g/mol. The summed E-state index contributed by atoms with van der Waals surface area (Å²) >= 11 is 0. The van der Waals surface area contributed by atoms with E-state index < -0.39 is 0 Å². The third-order valence-electron chi connectivity index (χ3n) is 5.52. The van der Waals surface area contributed by atoms with Gasteiger partial charge in [0.2, 0.25) is 0 Å². The quantitative estimate of drug-likeness (QED) is 0.415. The maximum atomic E-state index is 13.4. The van der Waals surface area contributed by atoms with Crippen LogP contribution in [-0.4, -0.2) is 15.7 Å². The lowest BCUT2D eigenvalue weighted by molar-refractivity contribution is 0.102. The molecule has 5 heteroatoms. The standard InChI is InChI=1S/C28H21N3O2/c32-27(29-25-18-10-7-13-21(25)19-20-11-3-1-4-12-20)26-23-16-8-9-17-24(23)28(33)31(30-26)22-14-5-2-6-15-22/h1-18H,19H2,(H,29,32). The van der Waals surface area contributed by atoms with Gasteiger partial charge in [-0.1, -0.05) is 84.9 Å². The zero-order chi connectivity index (χ0) is 22.6.